The summed E-state index contributed by atoms with van der Waals surface area (Å²) in [5.74, 6) is -2.78. The van der Waals surface area contributed by atoms with Gasteiger partial charge in [0, 0.05) is 49.0 Å². The number of nitrogens with zero attached hydrogens (tertiary/aromatic N) is 3. The van der Waals surface area contributed by atoms with Crippen molar-refractivity contribution in [2.45, 2.75) is 6.92 Å². The minimum absolute atomic E-state index is 0.0446. The predicted octanol–water partition coefficient (Wildman–Crippen LogP) is 4.11. The molecule has 0 aliphatic carbocycles. The summed E-state index contributed by atoms with van der Waals surface area (Å²) in [6, 6.07) is 19.8. The second-order valence-electron chi connectivity index (χ2n) is 9.09. The second kappa shape index (κ2) is 10.9. The topological polar surface area (TPSA) is 88.9 Å². The van der Waals surface area contributed by atoms with E-state index >= 15 is 4.39 Å². The van der Waals surface area contributed by atoms with Crippen molar-refractivity contribution >= 4 is 34.5 Å². The number of hydrogen-bond acceptors (Lipinski definition) is 5. The Kier molecular flexibility index (Phi) is 7.23. The number of fused-ring (bicyclic) bond motifs is 1. The number of esters is 1. The van der Waals surface area contributed by atoms with Crippen molar-refractivity contribution < 1.29 is 28.3 Å². The predicted molar refractivity (Wildman–Crippen MR) is 142 cm³/mol. The lowest BCUT2D eigenvalue weighted by Gasteiger charge is -2.34. The summed E-state index contributed by atoms with van der Waals surface area (Å²) >= 11 is 0. The zero-order valence-corrected chi connectivity index (χ0v) is 21.3. The molecule has 1 saturated heterocycles. The third kappa shape index (κ3) is 5.03. The summed E-state index contributed by atoms with van der Waals surface area (Å²) in [7, 11) is 0. The summed E-state index contributed by atoms with van der Waals surface area (Å²) in [5.41, 5.74) is 1.86. The van der Waals surface area contributed by atoms with E-state index < -0.39 is 23.5 Å². The number of Topliss-reactive ketones (excluding diaryl/α,β-unsaturated/α-hetero) is 1. The highest BCUT2D eigenvalue weighted by Gasteiger charge is 2.31. The monoisotopic (exact) mass is 527 g/mol. The number of carbonyl (C=O) groups is 4. The molecule has 0 saturated carbocycles. The SMILES string of the molecule is CCOC(=O)c1ccc(-n2cc(C(=O)C(=O)N3CCN(C(=O)c4ccccc4)CC3)c3c(F)cccc32)cc1. The van der Waals surface area contributed by atoms with E-state index in [4.69, 9.17) is 4.74 Å². The van der Waals surface area contributed by atoms with Gasteiger partial charge in [-0.15, -0.1) is 0 Å². The number of benzene rings is 3. The normalized spacial score (nSPS) is 13.4. The van der Waals surface area contributed by atoms with Crippen LogP contribution >= 0.6 is 0 Å². The Bertz CT molecular complexity index is 1560. The number of hydrogen-bond donors (Lipinski definition) is 0. The molecule has 1 aromatic heterocycles. The van der Waals surface area contributed by atoms with Crippen LogP contribution in [0.1, 0.15) is 38.0 Å². The van der Waals surface area contributed by atoms with E-state index in [9.17, 15) is 19.2 Å². The lowest BCUT2D eigenvalue weighted by molar-refractivity contribution is -0.127. The Morgan fingerprint density at radius 1 is 0.795 bits per heavy atom. The summed E-state index contributed by atoms with van der Waals surface area (Å²) < 4.78 is 21.6. The standard InChI is InChI=1S/C30H26FN3O5/c1-2-39-30(38)21-11-13-22(14-12-21)34-19-23(26-24(31)9-6-10-25(26)34)27(35)29(37)33-17-15-32(16-18-33)28(36)20-7-4-3-5-8-20/h3-14,19H,2,15-18H2,1H3. The highest BCUT2D eigenvalue weighted by molar-refractivity contribution is 6.45. The van der Waals surface area contributed by atoms with Crippen LogP contribution in [0.4, 0.5) is 4.39 Å². The van der Waals surface area contributed by atoms with Gasteiger partial charge < -0.3 is 19.1 Å². The largest absolute Gasteiger partial charge is 0.462 e. The smallest absolute Gasteiger partial charge is 0.338 e. The number of rotatable bonds is 6. The first-order chi connectivity index (χ1) is 18.9. The molecular formula is C30H26FN3O5. The van der Waals surface area contributed by atoms with E-state index in [1.165, 1.54) is 23.2 Å². The third-order valence-electron chi connectivity index (χ3n) is 6.75. The fourth-order valence-electron chi connectivity index (χ4n) is 4.74. The van der Waals surface area contributed by atoms with Gasteiger partial charge in [0.25, 0.3) is 17.6 Å². The lowest BCUT2D eigenvalue weighted by atomic mass is 10.1. The molecule has 1 fully saturated rings. The maximum Gasteiger partial charge on any atom is 0.338 e. The number of piperazine rings is 1. The Morgan fingerprint density at radius 3 is 2.13 bits per heavy atom. The Morgan fingerprint density at radius 2 is 1.46 bits per heavy atom. The van der Waals surface area contributed by atoms with Crippen LogP contribution in [0.25, 0.3) is 16.6 Å². The molecule has 198 valence electrons. The molecule has 2 heterocycles. The van der Waals surface area contributed by atoms with Crippen LogP contribution in [0.15, 0.2) is 79.0 Å². The van der Waals surface area contributed by atoms with Gasteiger partial charge in [0.2, 0.25) is 0 Å². The average Bonchev–Trinajstić information content (AvgIpc) is 3.38. The molecule has 2 amide bonds. The molecule has 39 heavy (non-hydrogen) atoms. The molecule has 0 bridgehead atoms. The average molecular weight is 528 g/mol. The molecule has 0 radical (unpaired) electrons. The molecule has 0 spiro atoms. The van der Waals surface area contributed by atoms with Crippen molar-refractivity contribution in [2.75, 3.05) is 32.8 Å². The quantitative estimate of drug-likeness (QED) is 0.214. The summed E-state index contributed by atoms with van der Waals surface area (Å²) in [6.07, 6.45) is 1.45. The van der Waals surface area contributed by atoms with E-state index in [1.54, 1.807) is 71.0 Å². The molecule has 1 aliphatic rings. The molecular weight excluding hydrogens is 501 g/mol. The minimum Gasteiger partial charge on any atom is -0.462 e. The van der Waals surface area contributed by atoms with E-state index in [-0.39, 0.29) is 49.6 Å². The number of amides is 2. The van der Waals surface area contributed by atoms with Gasteiger partial charge in [0.05, 0.1) is 23.3 Å². The van der Waals surface area contributed by atoms with E-state index in [1.807, 2.05) is 6.07 Å². The van der Waals surface area contributed by atoms with Crippen molar-refractivity contribution in [3.63, 3.8) is 0 Å². The van der Waals surface area contributed by atoms with E-state index in [0.717, 1.165) is 0 Å². The highest BCUT2D eigenvalue weighted by Crippen LogP contribution is 2.28. The number of halogens is 1. The fraction of sp³-hybridized carbons (Fsp3) is 0.200. The van der Waals surface area contributed by atoms with Crippen LogP contribution in [-0.2, 0) is 9.53 Å². The Hall–Kier alpha value is -4.79. The Balaban J connectivity index is 1.37. The van der Waals surface area contributed by atoms with Gasteiger partial charge >= 0.3 is 5.97 Å². The van der Waals surface area contributed by atoms with Gasteiger partial charge in [-0.1, -0.05) is 24.3 Å². The first-order valence-corrected chi connectivity index (χ1v) is 12.6. The number of ether oxygens (including phenoxy) is 1. The molecule has 8 nitrogen and oxygen atoms in total. The zero-order chi connectivity index (χ0) is 27.5. The zero-order valence-electron chi connectivity index (χ0n) is 21.3. The van der Waals surface area contributed by atoms with E-state index in [2.05, 4.69) is 0 Å². The van der Waals surface area contributed by atoms with Crippen LogP contribution in [0.3, 0.4) is 0 Å². The fourth-order valence-corrected chi connectivity index (χ4v) is 4.74. The van der Waals surface area contributed by atoms with E-state index in [0.29, 0.717) is 22.3 Å². The summed E-state index contributed by atoms with van der Waals surface area (Å²) in [5, 5.41) is 0.0446. The molecule has 9 heteroatoms. The maximum absolute atomic E-state index is 15.0. The number of ketones is 1. The molecule has 0 atom stereocenters. The third-order valence-corrected chi connectivity index (χ3v) is 6.75. The molecule has 5 rings (SSSR count). The lowest BCUT2D eigenvalue weighted by Crippen LogP contribution is -2.52. The van der Waals surface area contributed by atoms with Gasteiger partial charge in [-0.25, -0.2) is 9.18 Å². The van der Waals surface area contributed by atoms with Crippen LogP contribution in [0.5, 0.6) is 0 Å². The first kappa shape index (κ1) is 25.8. The van der Waals surface area contributed by atoms with Crippen LogP contribution in [0, 0.1) is 5.82 Å². The van der Waals surface area contributed by atoms with Gasteiger partial charge in [-0.05, 0) is 55.5 Å². The van der Waals surface area contributed by atoms with Crippen molar-refractivity contribution in [2.24, 2.45) is 0 Å². The van der Waals surface area contributed by atoms with Crippen molar-refractivity contribution in [1.82, 2.24) is 14.4 Å². The molecule has 0 unspecified atom stereocenters. The molecule has 1 aliphatic heterocycles. The first-order valence-electron chi connectivity index (χ1n) is 12.6. The van der Waals surface area contributed by atoms with Gasteiger partial charge in [-0.3, -0.25) is 14.4 Å². The van der Waals surface area contributed by atoms with Crippen LogP contribution in [-0.4, -0.2) is 70.7 Å². The van der Waals surface area contributed by atoms with Crippen molar-refractivity contribution in [3.8, 4) is 5.69 Å². The molecule has 0 N–H and O–H groups in total. The van der Waals surface area contributed by atoms with Crippen LogP contribution in [0.2, 0.25) is 0 Å². The second-order valence-corrected chi connectivity index (χ2v) is 9.09. The molecule has 3 aromatic carbocycles. The number of aromatic nitrogens is 1. The molecule has 4 aromatic rings. The highest BCUT2D eigenvalue weighted by atomic mass is 19.1. The van der Waals surface area contributed by atoms with Gasteiger partial charge in [-0.2, -0.15) is 0 Å². The Labute approximate surface area is 224 Å². The van der Waals surface area contributed by atoms with Crippen LogP contribution < -0.4 is 0 Å². The minimum atomic E-state index is -0.824. The van der Waals surface area contributed by atoms with Gasteiger partial charge in [0.1, 0.15) is 5.82 Å². The maximum atomic E-state index is 15.0. The van der Waals surface area contributed by atoms with Crippen molar-refractivity contribution in [3.05, 3.63) is 102 Å². The van der Waals surface area contributed by atoms with Crippen molar-refractivity contribution in [1.29, 1.82) is 0 Å². The summed E-state index contributed by atoms with van der Waals surface area (Å²) in [6.45, 7) is 2.93. The summed E-state index contributed by atoms with van der Waals surface area (Å²) in [4.78, 5) is 54.4. The number of carbonyl (C=O) groups excluding carboxylic acids is 4. The van der Waals surface area contributed by atoms with Gasteiger partial charge in [0.15, 0.2) is 0 Å².